The van der Waals surface area contributed by atoms with Crippen LogP contribution in [0.25, 0.3) is 0 Å². The van der Waals surface area contributed by atoms with Gasteiger partial charge in [0, 0.05) is 19.2 Å². The molecule has 64 valence electrons. The van der Waals surface area contributed by atoms with E-state index in [4.69, 9.17) is 0 Å². The van der Waals surface area contributed by atoms with Crippen molar-refractivity contribution in [2.45, 2.75) is 6.54 Å². The molecule has 2 nitrogen and oxygen atoms in total. The summed E-state index contributed by atoms with van der Waals surface area (Å²) in [4.78, 5) is 13.0. The Kier molecular flexibility index (Phi) is 2.38. The molecule has 1 aliphatic rings. The average molecular weight is 184 g/mol. The molecule has 12 heavy (non-hydrogen) atoms. The Hall–Kier alpha value is -1.02. The number of nitrogens with zero attached hydrogens (tertiary/aromatic N) is 1. The molecule has 0 aromatic heterocycles. The van der Waals surface area contributed by atoms with Gasteiger partial charge in [0.1, 0.15) is 0 Å². The monoisotopic (exact) mass is 183 g/mol. The van der Waals surface area contributed by atoms with Crippen LogP contribution in [-0.4, -0.2) is 17.9 Å². The van der Waals surface area contributed by atoms with Crippen molar-refractivity contribution < 1.29 is 4.79 Å². The summed E-state index contributed by atoms with van der Waals surface area (Å²) >= 11 is 0. The number of benzene rings is 1. The Morgan fingerprint density at radius 2 is 2.00 bits per heavy atom. The minimum absolute atomic E-state index is 0. The highest BCUT2D eigenvalue weighted by molar-refractivity contribution is 5.98. The van der Waals surface area contributed by atoms with Crippen molar-refractivity contribution in [3.05, 3.63) is 35.4 Å². The van der Waals surface area contributed by atoms with Crippen molar-refractivity contribution in [1.29, 1.82) is 0 Å². The largest absolute Gasteiger partial charge is 0.337 e. The minimum Gasteiger partial charge on any atom is -0.337 e. The fourth-order valence-corrected chi connectivity index (χ4v) is 1.40. The van der Waals surface area contributed by atoms with Gasteiger partial charge in [0.15, 0.2) is 0 Å². The van der Waals surface area contributed by atoms with Gasteiger partial charge in [0.05, 0.1) is 0 Å². The van der Waals surface area contributed by atoms with E-state index < -0.39 is 0 Å². The Labute approximate surface area is 77.6 Å². The summed E-state index contributed by atoms with van der Waals surface area (Å²) in [5.41, 5.74) is 2.00. The van der Waals surface area contributed by atoms with Gasteiger partial charge in [0.2, 0.25) is 0 Å². The van der Waals surface area contributed by atoms with Gasteiger partial charge >= 0.3 is 0 Å². The van der Waals surface area contributed by atoms with Gasteiger partial charge in [-0.2, -0.15) is 0 Å². The maximum atomic E-state index is 11.3. The fourth-order valence-electron chi connectivity index (χ4n) is 1.40. The summed E-state index contributed by atoms with van der Waals surface area (Å²) in [6, 6.07) is 7.74. The lowest BCUT2D eigenvalue weighted by Gasteiger charge is -2.04. The van der Waals surface area contributed by atoms with E-state index in [9.17, 15) is 4.79 Å². The maximum Gasteiger partial charge on any atom is 0.254 e. The second-order valence-corrected chi connectivity index (χ2v) is 2.82. The Bertz CT molecular complexity index is 311. The van der Waals surface area contributed by atoms with Gasteiger partial charge in [0.25, 0.3) is 5.91 Å². The normalized spacial score (nSPS) is 14.1. The quantitative estimate of drug-likeness (QED) is 0.600. The topological polar surface area (TPSA) is 20.3 Å². The predicted molar refractivity (Wildman–Crippen MR) is 49.5 cm³/mol. The van der Waals surface area contributed by atoms with Crippen LogP contribution in [0, 0.1) is 0 Å². The molecule has 1 aromatic carbocycles. The molecule has 2 rings (SSSR count). The third kappa shape index (κ3) is 1.18. The molecule has 0 radical (unpaired) electrons. The molecule has 1 aromatic rings. The first kappa shape index (κ1) is 9.07. The average Bonchev–Trinajstić information content (AvgIpc) is 2.30. The van der Waals surface area contributed by atoms with Crippen LogP contribution >= 0.6 is 12.4 Å². The van der Waals surface area contributed by atoms with Crippen LogP contribution in [0.1, 0.15) is 15.9 Å². The summed E-state index contributed by atoms with van der Waals surface area (Å²) in [7, 11) is 1.82. The van der Waals surface area contributed by atoms with E-state index in [1.807, 2.05) is 31.3 Å². The van der Waals surface area contributed by atoms with E-state index in [2.05, 4.69) is 0 Å². The van der Waals surface area contributed by atoms with Gasteiger partial charge < -0.3 is 4.90 Å². The molecule has 1 heterocycles. The van der Waals surface area contributed by atoms with Crippen molar-refractivity contribution >= 4 is 18.3 Å². The molecule has 0 atom stereocenters. The predicted octanol–water partition coefficient (Wildman–Crippen LogP) is 1.69. The van der Waals surface area contributed by atoms with E-state index in [-0.39, 0.29) is 18.3 Å². The van der Waals surface area contributed by atoms with E-state index in [1.54, 1.807) is 4.90 Å². The van der Waals surface area contributed by atoms with Crippen LogP contribution < -0.4 is 0 Å². The van der Waals surface area contributed by atoms with Crippen molar-refractivity contribution in [3.63, 3.8) is 0 Å². The van der Waals surface area contributed by atoms with Gasteiger partial charge in [-0.1, -0.05) is 18.2 Å². The van der Waals surface area contributed by atoms with Crippen LogP contribution in [0.2, 0.25) is 0 Å². The lowest BCUT2D eigenvalue weighted by Crippen LogP contribution is -2.17. The lowest BCUT2D eigenvalue weighted by molar-refractivity contribution is 0.0816. The zero-order valence-corrected chi connectivity index (χ0v) is 7.60. The van der Waals surface area contributed by atoms with E-state index in [1.165, 1.54) is 0 Å². The van der Waals surface area contributed by atoms with Crippen molar-refractivity contribution in [2.75, 3.05) is 7.05 Å². The van der Waals surface area contributed by atoms with Gasteiger partial charge in [-0.3, -0.25) is 4.79 Å². The standard InChI is InChI=1S/C9H9NO.ClH/c1-10-6-7-4-2-3-5-8(7)9(10)11;/h2-5H,6H2,1H3;1H. The fraction of sp³-hybridized carbons (Fsp3) is 0.222. The SMILES string of the molecule is CN1Cc2ccccc2C1=O.Cl. The number of rotatable bonds is 0. The van der Waals surface area contributed by atoms with E-state index >= 15 is 0 Å². The molecule has 3 heteroatoms. The number of amides is 1. The highest BCUT2D eigenvalue weighted by atomic mass is 35.5. The molecule has 1 amide bonds. The van der Waals surface area contributed by atoms with Gasteiger partial charge in [-0.15, -0.1) is 12.4 Å². The molecule has 0 spiro atoms. The number of fused-ring (bicyclic) bond motifs is 1. The molecule has 0 bridgehead atoms. The molecule has 0 fully saturated rings. The first-order valence-corrected chi connectivity index (χ1v) is 3.62. The molecule has 0 saturated carbocycles. The number of carbonyl (C=O) groups excluding carboxylic acids is 1. The third-order valence-corrected chi connectivity index (χ3v) is 2.00. The smallest absolute Gasteiger partial charge is 0.254 e. The van der Waals surface area contributed by atoms with Crippen molar-refractivity contribution in [3.8, 4) is 0 Å². The zero-order chi connectivity index (χ0) is 7.84. The van der Waals surface area contributed by atoms with Crippen LogP contribution in [0.5, 0.6) is 0 Å². The first-order valence-electron chi connectivity index (χ1n) is 3.62. The van der Waals surface area contributed by atoms with Crippen molar-refractivity contribution in [1.82, 2.24) is 4.90 Å². The summed E-state index contributed by atoms with van der Waals surface area (Å²) < 4.78 is 0. The van der Waals surface area contributed by atoms with Crippen LogP contribution in [0.3, 0.4) is 0 Å². The molecular formula is C9H10ClNO. The molecule has 0 aliphatic carbocycles. The van der Waals surface area contributed by atoms with Crippen LogP contribution in [0.15, 0.2) is 24.3 Å². The number of halogens is 1. The summed E-state index contributed by atoms with van der Waals surface area (Å²) in [5, 5.41) is 0. The molecule has 1 aliphatic heterocycles. The number of hydrogen-bond acceptors (Lipinski definition) is 1. The van der Waals surface area contributed by atoms with Gasteiger partial charge in [-0.05, 0) is 11.6 Å². The summed E-state index contributed by atoms with van der Waals surface area (Å²) in [6.45, 7) is 0.759. The highest BCUT2D eigenvalue weighted by Crippen LogP contribution is 2.19. The molecule has 0 unspecified atom stereocenters. The molecule has 0 N–H and O–H groups in total. The van der Waals surface area contributed by atoms with Crippen LogP contribution in [0.4, 0.5) is 0 Å². The first-order chi connectivity index (χ1) is 5.29. The molecule has 0 saturated heterocycles. The third-order valence-electron chi connectivity index (χ3n) is 2.00. The van der Waals surface area contributed by atoms with E-state index in [0.29, 0.717) is 0 Å². The van der Waals surface area contributed by atoms with Crippen molar-refractivity contribution in [2.24, 2.45) is 0 Å². The lowest BCUT2D eigenvalue weighted by atomic mass is 10.1. The Morgan fingerprint density at radius 3 is 2.67 bits per heavy atom. The second kappa shape index (κ2) is 3.15. The summed E-state index contributed by atoms with van der Waals surface area (Å²) in [6.07, 6.45) is 0. The minimum atomic E-state index is 0. The number of carbonyl (C=O) groups is 1. The maximum absolute atomic E-state index is 11.3. The number of hydrogen-bond donors (Lipinski definition) is 0. The Balaban J connectivity index is 0.000000720. The summed E-state index contributed by atoms with van der Waals surface area (Å²) in [5.74, 6) is 0.139. The van der Waals surface area contributed by atoms with E-state index in [0.717, 1.165) is 17.7 Å². The van der Waals surface area contributed by atoms with Crippen LogP contribution in [-0.2, 0) is 6.54 Å². The highest BCUT2D eigenvalue weighted by Gasteiger charge is 2.22. The molecular weight excluding hydrogens is 174 g/mol. The zero-order valence-electron chi connectivity index (χ0n) is 6.78. The Morgan fingerprint density at radius 1 is 1.33 bits per heavy atom. The van der Waals surface area contributed by atoms with Gasteiger partial charge in [-0.25, -0.2) is 0 Å². The second-order valence-electron chi connectivity index (χ2n) is 2.82.